The summed E-state index contributed by atoms with van der Waals surface area (Å²) in [5.41, 5.74) is 0.219. The molecule has 15 atom stereocenters. The van der Waals surface area contributed by atoms with Crippen molar-refractivity contribution in [3.63, 3.8) is 0 Å². The van der Waals surface area contributed by atoms with Crippen LogP contribution in [0.2, 0.25) is 0 Å². The fourth-order valence-electron chi connectivity index (χ4n) is 5.99. The minimum atomic E-state index is -1.91. The summed E-state index contributed by atoms with van der Waals surface area (Å²) in [4.78, 5) is 24.6. The number of rotatable bonds is 9. The van der Waals surface area contributed by atoms with Gasteiger partial charge in [-0.25, -0.2) is 4.79 Å². The maximum atomic E-state index is 12.5. The number of nitrogens with one attached hydrogen (secondary N) is 1. The van der Waals surface area contributed by atoms with Crippen LogP contribution in [0.1, 0.15) is 19.4 Å². The number of hydrogen-bond acceptors (Lipinski definition) is 17. The van der Waals surface area contributed by atoms with Gasteiger partial charge < -0.3 is 79.0 Å². The van der Waals surface area contributed by atoms with Gasteiger partial charge in [0.05, 0.1) is 19.3 Å². The molecule has 0 radical (unpaired) electrons. The van der Waals surface area contributed by atoms with Crippen LogP contribution < -0.4 is 15.7 Å². The van der Waals surface area contributed by atoms with E-state index in [1.165, 1.54) is 25.1 Å². The third-order valence-corrected chi connectivity index (χ3v) is 8.61. The van der Waals surface area contributed by atoms with Gasteiger partial charge in [-0.1, -0.05) is 0 Å². The van der Waals surface area contributed by atoms with Crippen LogP contribution in [-0.4, -0.2) is 152 Å². The highest BCUT2D eigenvalue weighted by Gasteiger charge is 2.55. The molecule has 2 aromatic rings. The van der Waals surface area contributed by atoms with Gasteiger partial charge in [-0.3, -0.25) is 4.79 Å². The summed E-state index contributed by atoms with van der Waals surface area (Å²) in [6.45, 7) is 2.72. The Bertz CT molecular complexity index is 1470. The van der Waals surface area contributed by atoms with Gasteiger partial charge in [0.25, 0.3) is 0 Å². The summed E-state index contributed by atoms with van der Waals surface area (Å²) in [7, 11) is 0. The lowest BCUT2D eigenvalue weighted by atomic mass is 9.94. The van der Waals surface area contributed by atoms with Crippen LogP contribution in [0.4, 0.5) is 0 Å². The van der Waals surface area contributed by atoms with E-state index in [2.05, 4.69) is 5.32 Å². The highest BCUT2D eigenvalue weighted by molar-refractivity contribution is 5.81. The summed E-state index contributed by atoms with van der Waals surface area (Å²) >= 11 is 0. The predicted octanol–water partition coefficient (Wildman–Crippen LogP) is -3.90. The SMILES string of the molecule is CC(=O)NC1C(Oc2ccc3c(C)cc(=O)oc3c2)OC(CO)C(OC2OC(C)C(O)C(O)C2O)C1OC1OC(CO)C(O)C(O)C1O. The third-order valence-electron chi connectivity index (χ3n) is 8.61. The third kappa shape index (κ3) is 7.36. The highest BCUT2D eigenvalue weighted by Crippen LogP contribution is 2.35. The van der Waals surface area contributed by atoms with Gasteiger partial charge in [0.15, 0.2) is 12.6 Å². The average molecular weight is 688 g/mol. The summed E-state index contributed by atoms with van der Waals surface area (Å²) in [5, 5.41) is 86.2. The normalized spacial score (nSPS) is 40.4. The number of aliphatic hydroxyl groups excluding tert-OH is 8. The van der Waals surface area contributed by atoms with Crippen LogP contribution in [-0.2, 0) is 28.5 Å². The van der Waals surface area contributed by atoms with Gasteiger partial charge in [0, 0.05) is 24.4 Å². The first kappa shape index (κ1) is 36.5. The molecule has 3 aliphatic heterocycles. The van der Waals surface area contributed by atoms with Crippen molar-refractivity contribution in [2.24, 2.45) is 0 Å². The minimum Gasteiger partial charge on any atom is -0.462 e. The Kier molecular flexibility index (Phi) is 11.4. The Morgan fingerprint density at radius 2 is 1.40 bits per heavy atom. The minimum absolute atomic E-state index is 0.0937. The number of aliphatic hydroxyl groups is 8. The molecule has 0 aliphatic carbocycles. The summed E-state index contributed by atoms with van der Waals surface area (Å²) < 4.78 is 40.7. The molecule has 48 heavy (non-hydrogen) atoms. The zero-order chi connectivity index (χ0) is 35.0. The highest BCUT2D eigenvalue weighted by atomic mass is 16.8. The van der Waals surface area contributed by atoms with E-state index in [-0.39, 0.29) is 11.3 Å². The summed E-state index contributed by atoms with van der Waals surface area (Å²) in [6, 6.07) is 4.49. The molecule has 18 heteroatoms. The van der Waals surface area contributed by atoms with Gasteiger partial charge in [0.2, 0.25) is 12.2 Å². The first-order valence-corrected chi connectivity index (χ1v) is 15.3. The van der Waals surface area contributed by atoms with E-state index in [4.69, 9.17) is 32.8 Å². The van der Waals surface area contributed by atoms with E-state index in [1.807, 2.05) is 0 Å². The van der Waals surface area contributed by atoms with Gasteiger partial charge in [0.1, 0.15) is 78.4 Å². The second kappa shape index (κ2) is 15.0. The Morgan fingerprint density at radius 3 is 2.04 bits per heavy atom. The van der Waals surface area contributed by atoms with Crippen molar-refractivity contribution < 1.29 is 78.5 Å². The first-order valence-electron chi connectivity index (χ1n) is 15.3. The van der Waals surface area contributed by atoms with Crippen molar-refractivity contribution in [1.29, 1.82) is 0 Å². The van der Waals surface area contributed by atoms with E-state index in [0.29, 0.717) is 10.9 Å². The molecule has 3 saturated heterocycles. The Labute approximate surface area is 272 Å². The lowest BCUT2D eigenvalue weighted by Crippen LogP contribution is -2.70. The van der Waals surface area contributed by atoms with Crippen LogP contribution in [0.3, 0.4) is 0 Å². The molecule has 0 spiro atoms. The predicted molar refractivity (Wildman–Crippen MR) is 157 cm³/mol. The molecule has 0 bridgehead atoms. The number of carbonyl (C=O) groups excluding carboxylic acids is 1. The van der Waals surface area contributed by atoms with Crippen molar-refractivity contribution in [3.8, 4) is 5.75 Å². The van der Waals surface area contributed by atoms with Crippen molar-refractivity contribution in [2.45, 2.75) is 113 Å². The second-order valence-corrected chi connectivity index (χ2v) is 12.1. The van der Waals surface area contributed by atoms with E-state index >= 15 is 0 Å². The average Bonchev–Trinajstić information content (AvgIpc) is 3.04. The molecule has 0 saturated carbocycles. The van der Waals surface area contributed by atoms with Crippen molar-refractivity contribution >= 4 is 16.9 Å². The number of amides is 1. The molecule has 4 heterocycles. The number of carbonyl (C=O) groups is 1. The Balaban J connectivity index is 1.53. The van der Waals surface area contributed by atoms with E-state index < -0.39 is 117 Å². The molecule has 18 nitrogen and oxygen atoms in total. The second-order valence-electron chi connectivity index (χ2n) is 12.1. The van der Waals surface area contributed by atoms with Crippen LogP contribution in [0.5, 0.6) is 5.75 Å². The molecular weight excluding hydrogens is 646 g/mol. The summed E-state index contributed by atoms with van der Waals surface area (Å²) in [6.07, 6.45) is -22.3. The molecule has 15 unspecified atom stereocenters. The van der Waals surface area contributed by atoms with E-state index in [1.54, 1.807) is 13.0 Å². The zero-order valence-electron chi connectivity index (χ0n) is 26.1. The summed E-state index contributed by atoms with van der Waals surface area (Å²) in [5.74, 6) is -0.543. The van der Waals surface area contributed by atoms with Gasteiger partial charge in [-0.15, -0.1) is 0 Å². The molecule has 1 aromatic carbocycles. The first-order chi connectivity index (χ1) is 22.7. The van der Waals surface area contributed by atoms with Gasteiger partial charge in [-0.2, -0.15) is 0 Å². The fourth-order valence-corrected chi connectivity index (χ4v) is 5.99. The number of fused-ring (bicyclic) bond motifs is 1. The number of benzene rings is 1. The smallest absolute Gasteiger partial charge is 0.336 e. The number of aryl methyl sites for hydroxylation is 1. The van der Waals surface area contributed by atoms with Crippen molar-refractivity contribution in [2.75, 3.05) is 13.2 Å². The van der Waals surface area contributed by atoms with E-state index in [0.717, 1.165) is 6.92 Å². The maximum absolute atomic E-state index is 12.5. The zero-order valence-corrected chi connectivity index (χ0v) is 26.1. The molecule has 3 aliphatic rings. The Hall–Kier alpha value is -2.82. The number of ether oxygens (including phenoxy) is 6. The topological polar surface area (TPSA) is 277 Å². The lowest BCUT2D eigenvalue weighted by molar-refractivity contribution is -0.368. The van der Waals surface area contributed by atoms with Crippen molar-refractivity contribution in [3.05, 3.63) is 40.2 Å². The van der Waals surface area contributed by atoms with Crippen LogP contribution in [0, 0.1) is 6.92 Å². The molecule has 5 rings (SSSR count). The van der Waals surface area contributed by atoms with Crippen molar-refractivity contribution in [1.82, 2.24) is 5.32 Å². The molecule has 268 valence electrons. The lowest BCUT2D eigenvalue weighted by Gasteiger charge is -2.50. The quantitative estimate of drug-likeness (QED) is 0.114. The molecular formula is C30H41NO17. The Morgan fingerprint density at radius 1 is 0.792 bits per heavy atom. The molecule has 9 N–H and O–H groups in total. The number of hydrogen-bond donors (Lipinski definition) is 9. The van der Waals surface area contributed by atoms with Gasteiger partial charge in [-0.05, 0) is 31.5 Å². The molecule has 1 aromatic heterocycles. The monoisotopic (exact) mass is 687 g/mol. The fraction of sp³-hybridized carbons (Fsp3) is 0.667. The maximum Gasteiger partial charge on any atom is 0.336 e. The molecule has 1 amide bonds. The van der Waals surface area contributed by atoms with Crippen LogP contribution in [0.15, 0.2) is 33.5 Å². The van der Waals surface area contributed by atoms with Crippen LogP contribution in [0.25, 0.3) is 11.0 Å². The molecule has 3 fully saturated rings. The van der Waals surface area contributed by atoms with E-state index in [9.17, 15) is 50.4 Å². The van der Waals surface area contributed by atoms with Crippen LogP contribution >= 0.6 is 0 Å². The largest absolute Gasteiger partial charge is 0.462 e. The van der Waals surface area contributed by atoms with Gasteiger partial charge >= 0.3 is 5.63 Å². The standard InChI is InChI=1S/C30H41NO17/c1-10-6-18(35)44-15-7-13(4-5-14(10)15)43-28-19(31-12(3)34)27(48-30-25(41)23(39)21(37)16(8-32)45-30)26(17(9-33)46-28)47-29-24(40)22(38)20(36)11(2)42-29/h4-7,11,16-17,19-30,32-33,36-41H,8-9H2,1-3H3,(H,31,34).